The Morgan fingerprint density at radius 2 is 1.58 bits per heavy atom. The molecular formula is C23H32N2O. The molecule has 1 aliphatic heterocycles. The van der Waals surface area contributed by atoms with Gasteiger partial charge in [0.1, 0.15) is 5.75 Å². The summed E-state index contributed by atoms with van der Waals surface area (Å²) in [6.07, 6.45) is 2.33. The van der Waals surface area contributed by atoms with E-state index in [9.17, 15) is 0 Å². The summed E-state index contributed by atoms with van der Waals surface area (Å²) >= 11 is 0. The van der Waals surface area contributed by atoms with Gasteiger partial charge in [0.05, 0.1) is 6.61 Å². The second kappa shape index (κ2) is 9.75. The lowest BCUT2D eigenvalue weighted by Crippen LogP contribution is -2.46. The number of ether oxygens (including phenoxy) is 1. The number of piperazine rings is 1. The number of aryl methyl sites for hydroxylation is 2. The Labute approximate surface area is 158 Å². The van der Waals surface area contributed by atoms with Crippen molar-refractivity contribution in [1.82, 2.24) is 9.80 Å². The summed E-state index contributed by atoms with van der Waals surface area (Å²) in [4.78, 5) is 5.16. The van der Waals surface area contributed by atoms with Crippen LogP contribution < -0.4 is 4.74 Å². The summed E-state index contributed by atoms with van der Waals surface area (Å²) in [5.74, 6) is 1.03. The molecule has 26 heavy (non-hydrogen) atoms. The SMILES string of the molecule is Cc1ccc(OCCCCN2CCN(Cc3ccccc3)CC2)c(C)c1. The highest BCUT2D eigenvalue weighted by atomic mass is 16.5. The fraction of sp³-hybridized carbons (Fsp3) is 0.478. The zero-order chi connectivity index (χ0) is 18.2. The van der Waals surface area contributed by atoms with Crippen LogP contribution in [0.2, 0.25) is 0 Å². The van der Waals surface area contributed by atoms with Crippen LogP contribution in [0.25, 0.3) is 0 Å². The van der Waals surface area contributed by atoms with Crippen molar-refractivity contribution in [1.29, 1.82) is 0 Å². The average molecular weight is 353 g/mol. The molecule has 3 rings (SSSR count). The minimum atomic E-state index is 0.817. The van der Waals surface area contributed by atoms with Gasteiger partial charge in [0, 0.05) is 32.7 Å². The lowest BCUT2D eigenvalue weighted by Gasteiger charge is -2.34. The highest BCUT2D eigenvalue weighted by molar-refractivity contribution is 5.35. The highest BCUT2D eigenvalue weighted by Gasteiger charge is 2.16. The number of hydrogen-bond acceptors (Lipinski definition) is 3. The van der Waals surface area contributed by atoms with Crippen molar-refractivity contribution < 1.29 is 4.74 Å². The molecule has 2 aromatic rings. The van der Waals surface area contributed by atoms with E-state index in [1.165, 1.54) is 55.8 Å². The number of hydrogen-bond donors (Lipinski definition) is 0. The van der Waals surface area contributed by atoms with Gasteiger partial charge in [-0.1, -0.05) is 48.0 Å². The molecule has 0 atom stereocenters. The molecule has 0 aromatic heterocycles. The topological polar surface area (TPSA) is 15.7 Å². The highest BCUT2D eigenvalue weighted by Crippen LogP contribution is 2.19. The Hall–Kier alpha value is -1.84. The van der Waals surface area contributed by atoms with Crippen molar-refractivity contribution in [3.8, 4) is 5.75 Å². The Morgan fingerprint density at radius 1 is 0.846 bits per heavy atom. The van der Waals surface area contributed by atoms with Crippen molar-refractivity contribution in [3.63, 3.8) is 0 Å². The molecule has 0 bridgehead atoms. The quantitative estimate of drug-likeness (QED) is 0.660. The Morgan fingerprint density at radius 3 is 2.31 bits per heavy atom. The molecule has 0 spiro atoms. The predicted octanol–water partition coefficient (Wildman–Crippen LogP) is 4.28. The lowest BCUT2D eigenvalue weighted by atomic mass is 10.1. The van der Waals surface area contributed by atoms with Crippen LogP contribution in [0.4, 0.5) is 0 Å². The zero-order valence-corrected chi connectivity index (χ0v) is 16.3. The molecule has 0 amide bonds. The van der Waals surface area contributed by atoms with E-state index in [1.807, 2.05) is 0 Å². The van der Waals surface area contributed by atoms with Crippen LogP contribution in [0.15, 0.2) is 48.5 Å². The maximum Gasteiger partial charge on any atom is 0.122 e. The first-order chi connectivity index (χ1) is 12.7. The molecule has 2 aromatic carbocycles. The minimum absolute atomic E-state index is 0.817. The third-order valence-corrected chi connectivity index (χ3v) is 5.17. The van der Waals surface area contributed by atoms with Crippen LogP contribution in [0, 0.1) is 13.8 Å². The van der Waals surface area contributed by atoms with Crippen molar-refractivity contribution >= 4 is 0 Å². The Bertz CT molecular complexity index is 663. The minimum Gasteiger partial charge on any atom is -0.493 e. The van der Waals surface area contributed by atoms with Crippen molar-refractivity contribution in [2.45, 2.75) is 33.2 Å². The van der Waals surface area contributed by atoms with Crippen LogP contribution in [-0.2, 0) is 6.54 Å². The average Bonchev–Trinajstić information content (AvgIpc) is 2.65. The number of unbranched alkanes of at least 4 members (excludes halogenated alkanes) is 1. The summed E-state index contributed by atoms with van der Waals surface area (Å²) in [5.41, 5.74) is 3.95. The van der Waals surface area contributed by atoms with E-state index in [0.29, 0.717) is 0 Å². The number of benzene rings is 2. The molecule has 140 valence electrons. The van der Waals surface area contributed by atoms with Gasteiger partial charge in [0.25, 0.3) is 0 Å². The smallest absolute Gasteiger partial charge is 0.122 e. The molecule has 0 unspecified atom stereocenters. The van der Waals surface area contributed by atoms with Gasteiger partial charge in [0.2, 0.25) is 0 Å². The lowest BCUT2D eigenvalue weighted by molar-refractivity contribution is 0.124. The molecule has 3 heteroatoms. The van der Waals surface area contributed by atoms with Crippen LogP contribution in [0.1, 0.15) is 29.5 Å². The summed E-state index contributed by atoms with van der Waals surface area (Å²) in [7, 11) is 0. The zero-order valence-electron chi connectivity index (χ0n) is 16.3. The Balaban J connectivity index is 1.28. The van der Waals surface area contributed by atoms with Gasteiger partial charge in [-0.2, -0.15) is 0 Å². The van der Waals surface area contributed by atoms with Crippen LogP contribution in [0.3, 0.4) is 0 Å². The van der Waals surface area contributed by atoms with E-state index in [4.69, 9.17) is 4.74 Å². The molecule has 0 radical (unpaired) electrons. The number of rotatable bonds is 8. The number of nitrogens with zero attached hydrogens (tertiary/aromatic N) is 2. The van der Waals surface area contributed by atoms with Gasteiger partial charge in [-0.15, -0.1) is 0 Å². The summed E-state index contributed by atoms with van der Waals surface area (Å²) in [6, 6.07) is 17.2. The van der Waals surface area contributed by atoms with Gasteiger partial charge < -0.3 is 9.64 Å². The van der Waals surface area contributed by atoms with Crippen LogP contribution >= 0.6 is 0 Å². The fourth-order valence-electron chi connectivity index (χ4n) is 3.59. The molecule has 1 heterocycles. The normalized spacial score (nSPS) is 15.9. The van der Waals surface area contributed by atoms with E-state index < -0.39 is 0 Å². The molecular weight excluding hydrogens is 320 g/mol. The summed E-state index contributed by atoms with van der Waals surface area (Å²) < 4.78 is 5.94. The maximum atomic E-state index is 5.94. The van der Waals surface area contributed by atoms with Crippen molar-refractivity contribution in [3.05, 3.63) is 65.2 Å². The molecule has 0 N–H and O–H groups in total. The van der Waals surface area contributed by atoms with Gasteiger partial charge >= 0.3 is 0 Å². The second-order valence-corrected chi connectivity index (χ2v) is 7.43. The molecule has 1 fully saturated rings. The summed E-state index contributed by atoms with van der Waals surface area (Å²) in [6.45, 7) is 12.1. The van der Waals surface area contributed by atoms with Gasteiger partial charge in [-0.25, -0.2) is 0 Å². The molecule has 0 aliphatic carbocycles. The monoisotopic (exact) mass is 352 g/mol. The van der Waals surface area contributed by atoms with Crippen LogP contribution in [0.5, 0.6) is 5.75 Å². The third-order valence-electron chi connectivity index (χ3n) is 5.17. The van der Waals surface area contributed by atoms with E-state index >= 15 is 0 Å². The first-order valence-corrected chi connectivity index (χ1v) is 9.89. The summed E-state index contributed by atoms with van der Waals surface area (Å²) in [5, 5.41) is 0. The van der Waals surface area contributed by atoms with Gasteiger partial charge in [-0.3, -0.25) is 4.90 Å². The molecule has 1 saturated heterocycles. The molecule has 0 saturated carbocycles. The van der Waals surface area contributed by atoms with Crippen molar-refractivity contribution in [2.75, 3.05) is 39.3 Å². The van der Waals surface area contributed by atoms with E-state index in [1.54, 1.807) is 0 Å². The van der Waals surface area contributed by atoms with E-state index in [-0.39, 0.29) is 0 Å². The largest absolute Gasteiger partial charge is 0.493 e. The second-order valence-electron chi connectivity index (χ2n) is 7.43. The first kappa shape index (κ1) is 18.9. The third kappa shape index (κ3) is 5.86. The Kier molecular flexibility index (Phi) is 7.10. The fourth-order valence-corrected chi connectivity index (χ4v) is 3.59. The van der Waals surface area contributed by atoms with E-state index in [0.717, 1.165) is 25.3 Å². The van der Waals surface area contributed by atoms with Gasteiger partial charge in [0.15, 0.2) is 0 Å². The van der Waals surface area contributed by atoms with E-state index in [2.05, 4.69) is 72.2 Å². The van der Waals surface area contributed by atoms with Gasteiger partial charge in [-0.05, 0) is 50.4 Å². The predicted molar refractivity (Wildman–Crippen MR) is 109 cm³/mol. The standard InChI is InChI=1S/C23H32N2O/c1-20-10-11-23(21(2)18-20)26-17-7-6-12-24-13-15-25(16-14-24)19-22-8-4-3-5-9-22/h3-5,8-11,18H,6-7,12-17,19H2,1-2H3. The molecule has 3 nitrogen and oxygen atoms in total. The maximum absolute atomic E-state index is 5.94. The van der Waals surface area contributed by atoms with Crippen molar-refractivity contribution in [2.24, 2.45) is 0 Å². The first-order valence-electron chi connectivity index (χ1n) is 9.89. The van der Waals surface area contributed by atoms with Crippen LogP contribution in [-0.4, -0.2) is 49.1 Å². The molecule has 1 aliphatic rings.